The van der Waals surface area contributed by atoms with Crippen molar-refractivity contribution in [3.05, 3.63) is 57.8 Å². The SMILES string of the molecule is COc1cccc(C2CC(C(=O)NCCc3cc(=O)[nH]c(C)n3)NN2)c1. The van der Waals surface area contributed by atoms with E-state index in [0.29, 0.717) is 30.9 Å². The fourth-order valence-corrected chi connectivity index (χ4v) is 3.01. The van der Waals surface area contributed by atoms with Gasteiger partial charge in [-0.25, -0.2) is 15.8 Å². The van der Waals surface area contributed by atoms with Crippen LogP contribution in [0.5, 0.6) is 5.75 Å². The third kappa shape index (κ3) is 4.47. The number of H-pyrrole nitrogens is 1. The van der Waals surface area contributed by atoms with Gasteiger partial charge in [0.2, 0.25) is 5.91 Å². The summed E-state index contributed by atoms with van der Waals surface area (Å²) in [5.74, 6) is 1.28. The Balaban J connectivity index is 1.50. The van der Waals surface area contributed by atoms with Crippen LogP contribution in [0, 0.1) is 6.92 Å². The molecule has 2 atom stereocenters. The molecule has 0 radical (unpaired) electrons. The fraction of sp³-hybridized carbons (Fsp3) is 0.389. The van der Waals surface area contributed by atoms with E-state index in [0.717, 1.165) is 11.3 Å². The first-order valence-electron chi connectivity index (χ1n) is 8.54. The molecule has 1 fully saturated rings. The van der Waals surface area contributed by atoms with E-state index in [1.54, 1.807) is 14.0 Å². The predicted octanol–water partition coefficient (Wildman–Crippen LogP) is 0.353. The molecular formula is C18H23N5O3. The largest absolute Gasteiger partial charge is 0.497 e. The molecule has 2 aromatic rings. The van der Waals surface area contributed by atoms with Crippen LogP contribution in [0.25, 0.3) is 0 Å². The number of ether oxygens (including phenoxy) is 1. The lowest BCUT2D eigenvalue weighted by Crippen LogP contribution is -2.43. The van der Waals surface area contributed by atoms with Gasteiger partial charge in [-0.3, -0.25) is 9.59 Å². The molecule has 0 spiro atoms. The maximum atomic E-state index is 12.3. The van der Waals surface area contributed by atoms with Gasteiger partial charge in [0.25, 0.3) is 5.56 Å². The van der Waals surface area contributed by atoms with Gasteiger partial charge >= 0.3 is 0 Å². The molecule has 1 aromatic carbocycles. The van der Waals surface area contributed by atoms with Crippen LogP contribution in [0.15, 0.2) is 35.1 Å². The van der Waals surface area contributed by atoms with Crippen LogP contribution in [-0.2, 0) is 11.2 Å². The molecule has 138 valence electrons. The summed E-state index contributed by atoms with van der Waals surface area (Å²) in [6, 6.07) is 8.95. The molecule has 2 unspecified atom stereocenters. The number of aromatic amines is 1. The lowest BCUT2D eigenvalue weighted by atomic mass is 10.0. The minimum Gasteiger partial charge on any atom is -0.497 e. The number of hydrogen-bond acceptors (Lipinski definition) is 6. The molecule has 2 heterocycles. The summed E-state index contributed by atoms with van der Waals surface area (Å²) in [7, 11) is 1.63. The lowest BCUT2D eigenvalue weighted by molar-refractivity contribution is -0.122. The van der Waals surface area contributed by atoms with Crippen LogP contribution >= 0.6 is 0 Å². The van der Waals surface area contributed by atoms with Gasteiger partial charge in [-0.1, -0.05) is 12.1 Å². The molecule has 26 heavy (non-hydrogen) atoms. The lowest BCUT2D eigenvalue weighted by Gasteiger charge is -2.11. The van der Waals surface area contributed by atoms with Gasteiger partial charge < -0.3 is 15.0 Å². The summed E-state index contributed by atoms with van der Waals surface area (Å²) in [4.78, 5) is 30.6. The van der Waals surface area contributed by atoms with Crippen molar-refractivity contribution in [3.8, 4) is 5.75 Å². The number of nitrogens with one attached hydrogen (secondary N) is 4. The van der Waals surface area contributed by atoms with Gasteiger partial charge in [0, 0.05) is 30.8 Å². The highest BCUT2D eigenvalue weighted by atomic mass is 16.5. The van der Waals surface area contributed by atoms with E-state index in [1.165, 1.54) is 6.07 Å². The molecule has 8 heteroatoms. The van der Waals surface area contributed by atoms with E-state index in [4.69, 9.17) is 4.74 Å². The highest BCUT2D eigenvalue weighted by Crippen LogP contribution is 2.25. The molecule has 0 saturated carbocycles. The van der Waals surface area contributed by atoms with Crippen molar-refractivity contribution in [3.63, 3.8) is 0 Å². The predicted molar refractivity (Wildman–Crippen MR) is 96.7 cm³/mol. The molecule has 8 nitrogen and oxygen atoms in total. The number of hydrogen-bond donors (Lipinski definition) is 4. The van der Waals surface area contributed by atoms with Gasteiger partial charge in [0.1, 0.15) is 17.6 Å². The summed E-state index contributed by atoms with van der Waals surface area (Å²) < 4.78 is 5.24. The molecule has 1 amide bonds. The smallest absolute Gasteiger partial charge is 0.251 e. The van der Waals surface area contributed by atoms with Crippen molar-refractivity contribution in [2.24, 2.45) is 0 Å². The third-order valence-electron chi connectivity index (χ3n) is 4.31. The Morgan fingerprint density at radius 1 is 1.35 bits per heavy atom. The quantitative estimate of drug-likeness (QED) is 0.594. The van der Waals surface area contributed by atoms with Crippen LogP contribution in [0.1, 0.15) is 29.5 Å². The Hall–Kier alpha value is -2.71. The standard InChI is InChI=1S/C18H23N5O3/c1-11-20-13(9-17(24)21-11)6-7-19-18(25)16-10-15(22-23-16)12-4-3-5-14(8-12)26-2/h3-5,8-9,15-16,22-23H,6-7,10H2,1-2H3,(H,19,25)(H,20,21,24). The maximum absolute atomic E-state index is 12.3. The zero-order valence-corrected chi connectivity index (χ0v) is 14.8. The summed E-state index contributed by atoms with van der Waals surface area (Å²) in [5, 5.41) is 2.89. The minimum absolute atomic E-state index is 0.0397. The van der Waals surface area contributed by atoms with Gasteiger partial charge in [0.15, 0.2) is 0 Å². The second-order valence-electron chi connectivity index (χ2n) is 6.27. The monoisotopic (exact) mass is 357 g/mol. The molecule has 0 aliphatic carbocycles. The van der Waals surface area contributed by atoms with Crippen LogP contribution in [0.4, 0.5) is 0 Å². The van der Waals surface area contributed by atoms with Crippen LogP contribution < -0.4 is 26.5 Å². The van der Waals surface area contributed by atoms with Crippen molar-refractivity contribution in [2.45, 2.75) is 31.8 Å². The van der Waals surface area contributed by atoms with Crippen LogP contribution in [0.2, 0.25) is 0 Å². The summed E-state index contributed by atoms with van der Waals surface area (Å²) in [6.07, 6.45) is 1.15. The number of aryl methyl sites for hydroxylation is 1. The van der Waals surface area contributed by atoms with E-state index in [1.807, 2.05) is 24.3 Å². The summed E-state index contributed by atoms with van der Waals surface area (Å²) in [6.45, 7) is 2.16. The van der Waals surface area contributed by atoms with Crippen molar-refractivity contribution < 1.29 is 9.53 Å². The van der Waals surface area contributed by atoms with Crippen LogP contribution in [0.3, 0.4) is 0 Å². The first-order chi connectivity index (χ1) is 12.5. The average molecular weight is 357 g/mol. The number of methoxy groups -OCH3 is 1. The van der Waals surface area contributed by atoms with E-state index in [9.17, 15) is 9.59 Å². The summed E-state index contributed by atoms with van der Waals surface area (Å²) in [5.41, 5.74) is 7.74. The van der Waals surface area contributed by atoms with Gasteiger partial charge in [-0.15, -0.1) is 0 Å². The second kappa shape index (κ2) is 8.11. The van der Waals surface area contributed by atoms with Gasteiger partial charge in [-0.2, -0.15) is 0 Å². The van der Waals surface area contributed by atoms with Gasteiger partial charge in [-0.05, 0) is 31.0 Å². The molecule has 0 bridgehead atoms. The molecule has 3 rings (SSSR count). The molecular weight excluding hydrogens is 334 g/mol. The van der Waals surface area contributed by atoms with Gasteiger partial charge in [0.05, 0.1) is 7.11 Å². The Morgan fingerprint density at radius 3 is 2.96 bits per heavy atom. The topological polar surface area (TPSA) is 108 Å². The van der Waals surface area contributed by atoms with E-state index >= 15 is 0 Å². The Labute approximate surface area is 151 Å². The minimum atomic E-state index is -0.319. The van der Waals surface area contributed by atoms with Crippen molar-refractivity contribution >= 4 is 5.91 Å². The molecule has 1 saturated heterocycles. The Kier molecular flexibility index (Phi) is 5.65. The summed E-state index contributed by atoms with van der Waals surface area (Å²) >= 11 is 0. The average Bonchev–Trinajstić information content (AvgIpc) is 3.11. The molecule has 1 aromatic heterocycles. The number of carbonyl (C=O) groups excluding carboxylic acids is 1. The maximum Gasteiger partial charge on any atom is 0.251 e. The van der Waals surface area contributed by atoms with Crippen molar-refractivity contribution in [1.82, 2.24) is 26.1 Å². The van der Waals surface area contributed by atoms with E-state index in [-0.39, 0.29) is 23.6 Å². The molecule has 1 aliphatic rings. The number of nitrogens with zero attached hydrogens (tertiary/aromatic N) is 1. The second-order valence-corrected chi connectivity index (χ2v) is 6.27. The Bertz CT molecular complexity index is 836. The highest BCUT2D eigenvalue weighted by Gasteiger charge is 2.30. The number of carbonyl (C=O) groups is 1. The normalized spacial score (nSPS) is 19.3. The number of aromatic nitrogens is 2. The Morgan fingerprint density at radius 2 is 2.19 bits per heavy atom. The number of benzene rings is 1. The number of amides is 1. The molecule has 1 aliphatic heterocycles. The van der Waals surface area contributed by atoms with E-state index in [2.05, 4.69) is 26.1 Å². The van der Waals surface area contributed by atoms with E-state index < -0.39 is 0 Å². The van der Waals surface area contributed by atoms with Crippen molar-refractivity contribution in [1.29, 1.82) is 0 Å². The zero-order valence-electron chi connectivity index (χ0n) is 14.8. The first-order valence-corrected chi connectivity index (χ1v) is 8.54. The number of hydrazine groups is 1. The highest BCUT2D eigenvalue weighted by molar-refractivity contribution is 5.82. The number of rotatable bonds is 6. The first kappa shape index (κ1) is 18.1. The van der Waals surface area contributed by atoms with Crippen LogP contribution in [-0.4, -0.2) is 35.6 Å². The van der Waals surface area contributed by atoms with Crippen molar-refractivity contribution in [2.75, 3.05) is 13.7 Å². The zero-order chi connectivity index (χ0) is 18.5. The third-order valence-corrected chi connectivity index (χ3v) is 4.31. The fourth-order valence-electron chi connectivity index (χ4n) is 3.01. The molecule has 4 N–H and O–H groups in total.